The van der Waals surface area contributed by atoms with Crippen LogP contribution in [0.1, 0.15) is 19.4 Å². The van der Waals surface area contributed by atoms with Crippen LogP contribution in [0.2, 0.25) is 0 Å². The quantitative estimate of drug-likeness (QED) is 0.753. The van der Waals surface area contributed by atoms with Gasteiger partial charge in [0.2, 0.25) is 0 Å². The highest BCUT2D eigenvalue weighted by Gasteiger charge is 2.18. The second kappa shape index (κ2) is 6.38. The molecule has 3 rings (SSSR count). The third-order valence-electron chi connectivity index (χ3n) is 4.26. The first-order valence-electron chi connectivity index (χ1n) is 7.88. The van der Waals surface area contributed by atoms with Gasteiger partial charge in [-0.3, -0.25) is 10.00 Å². The van der Waals surface area contributed by atoms with Gasteiger partial charge in [-0.05, 0) is 30.3 Å². The number of hydrogen-bond acceptors (Lipinski definition) is 3. The summed E-state index contributed by atoms with van der Waals surface area (Å²) in [5, 5.41) is 7.40. The van der Waals surface area contributed by atoms with E-state index in [0.29, 0.717) is 28.8 Å². The molecule has 0 fully saturated rings. The van der Waals surface area contributed by atoms with Crippen LogP contribution < -0.4 is 5.73 Å². The lowest BCUT2D eigenvalue weighted by Crippen LogP contribution is -2.22. The number of anilines is 1. The average Bonchev–Trinajstić information content (AvgIpc) is 2.98. The van der Waals surface area contributed by atoms with Gasteiger partial charge in [0.1, 0.15) is 5.52 Å². The maximum atomic E-state index is 14.9. The smallest absolute Gasteiger partial charge is 0.153 e. The number of nitrogen functional groups attached to an aromatic ring is 1. The predicted octanol–water partition coefficient (Wildman–Crippen LogP) is 3.79. The zero-order valence-corrected chi connectivity index (χ0v) is 13.4. The van der Waals surface area contributed by atoms with Gasteiger partial charge in [-0.2, -0.15) is 5.10 Å². The van der Waals surface area contributed by atoms with Gasteiger partial charge in [-0.1, -0.05) is 44.2 Å². The first-order valence-corrected chi connectivity index (χ1v) is 7.88. The lowest BCUT2D eigenvalue weighted by molar-refractivity contribution is 0.291. The average molecular weight is 312 g/mol. The lowest BCUT2D eigenvalue weighted by Gasteiger charge is -2.19. The first kappa shape index (κ1) is 15.5. The topological polar surface area (TPSA) is 57.9 Å². The molecule has 0 aliphatic heterocycles. The molecule has 0 saturated carbocycles. The van der Waals surface area contributed by atoms with Crippen LogP contribution in [-0.4, -0.2) is 28.2 Å². The number of aromatic amines is 1. The lowest BCUT2D eigenvalue weighted by atomic mass is 9.98. The number of nitrogens with zero attached hydrogens (tertiary/aromatic N) is 2. The van der Waals surface area contributed by atoms with Crippen LogP contribution in [0.3, 0.4) is 0 Å². The van der Waals surface area contributed by atoms with Crippen LogP contribution in [0.5, 0.6) is 0 Å². The van der Waals surface area contributed by atoms with E-state index >= 15 is 0 Å². The summed E-state index contributed by atoms with van der Waals surface area (Å²) in [5.74, 6) is 0.0583. The zero-order chi connectivity index (χ0) is 16.4. The van der Waals surface area contributed by atoms with Crippen LogP contribution in [-0.2, 0) is 6.54 Å². The summed E-state index contributed by atoms with van der Waals surface area (Å²) in [6.07, 6.45) is 0. The van der Waals surface area contributed by atoms with Gasteiger partial charge in [-0.25, -0.2) is 4.39 Å². The Hall–Kier alpha value is -2.40. The molecule has 0 radical (unpaired) electrons. The molecule has 0 spiro atoms. The van der Waals surface area contributed by atoms with Crippen molar-refractivity contribution in [3.05, 3.63) is 47.8 Å². The Labute approximate surface area is 135 Å². The standard InChI is InChI=1S/C18H21FN4/c1-3-23(4-2)11-13-10-14(12-8-6-5-7-9-12)15-17(16(13)19)21-22-18(15)20/h5-10H,3-4,11H2,1-2H3,(H3,20,21,22). The minimum absolute atomic E-state index is 0.268. The molecule has 0 aliphatic carbocycles. The summed E-state index contributed by atoms with van der Waals surface area (Å²) in [7, 11) is 0. The Kier molecular flexibility index (Phi) is 4.30. The number of rotatable bonds is 5. The van der Waals surface area contributed by atoms with Crippen LogP contribution >= 0.6 is 0 Å². The highest BCUT2D eigenvalue weighted by molar-refractivity contribution is 6.02. The van der Waals surface area contributed by atoms with E-state index in [0.717, 1.165) is 24.2 Å². The molecule has 4 nitrogen and oxygen atoms in total. The molecule has 0 saturated heterocycles. The highest BCUT2D eigenvalue weighted by atomic mass is 19.1. The van der Waals surface area contributed by atoms with E-state index in [4.69, 9.17) is 5.73 Å². The maximum Gasteiger partial charge on any atom is 0.153 e. The van der Waals surface area contributed by atoms with E-state index in [2.05, 4.69) is 28.9 Å². The van der Waals surface area contributed by atoms with Crippen molar-refractivity contribution >= 4 is 16.7 Å². The normalized spacial score (nSPS) is 11.5. The number of H-pyrrole nitrogens is 1. The number of benzene rings is 2. The van der Waals surface area contributed by atoms with Crippen molar-refractivity contribution in [3.63, 3.8) is 0 Å². The largest absolute Gasteiger partial charge is 0.382 e. The molecule has 0 bridgehead atoms. The summed E-state index contributed by atoms with van der Waals surface area (Å²) in [5.41, 5.74) is 8.92. The Bertz CT molecular complexity index is 807. The molecule has 1 heterocycles. The van der Waals surface area contributed by atoms with Crippen molar-refractivity contribution in [1.82, 2.24) is 15.1 Å². The minimum Gasteiger partial charge on any atom is -0.382 e. The predicted molar refractivity (Wildman–Crippen MR) is 92.5 cm³/mol. The first-order chi connectivity index (χ1) is 11.2. The number of nitrogens with two attached hydrogens (primary N) is 1. The second-order valence-electron chi connectivity index (χ2n) is 5.58. The summed E-state index contributed by atoms with van der Waals surface area (Å²) in [6, 6.07) is 11.8. The van der Waals surface area contributed by atoms with Gasteiger partial charge in [0.15, 0.2) is 11.6 Å². The van der Waals surface area contributed by atoms with E-state index < -0.39 is 0 Å². The summed E-state index contributed by atoms with van der Waals surface area (Å²) in [4.78, 5) is 2.18. The monoisotopic (exact) mass is 312 g/mol. The molecular weight excluding hydrogens is 291 g/mol. The zero-order valence-electron chi connectivity index (χ0n) is 13.4. The number of halogens is 1. The fraction of sp³-hybridized carbons (Fsp3) is 0.278. The van der Waals surface area contributed by atoms with Crippen molar-refractivity contribution in [2.75, 3.05) is 18.8 Å². The third-order valence-corrected chi connectivity index (χ3v) is 4.26. The van der Waals surface area contributed by atoms with Gasteiger partial charge in [0, 0.05) is 12.1 Å². The van der Waals surface area contributed by atoms with Crippen LogP contribution in [0.4, 0.5) is 10.2 Å². The van der Waals surface area contributed by atoms with E-state index in [1.54, 1.807) is 0 Å². The van der Waals surface area contributed by atoms with Crippen LogP contribution in [0.25, 0.3) is 22.0 Å². The molecule has 3 N–H and O–H groups in total. The Morgan fingerprint density at radius 2 is 1.87 bits per heavy atom. The van der Waals surface area contributed by atoms with Crippen LogP contribution in [0, 0.1) is 5.82 Å². The number of aromatic nitrogens is 2. The SMILES string of the molecule is CCN(CC)Cc1cc(-c2ccccc2)c2c(N)n[nH]c2c1F. The van der Waals surface area contributed by atoms with Crippen LogP contribution in [0.15, 0.2) is 36.4 Å². The van der Waals surface area contributed by atoms with Gasteiger partial charge >= 0.3 is 0 Å². The highest BCUT2D eigenvalue weighted by Crippen LogP contribution is 2.35. The van der Waals surface area contributed by atoms with Gasteiger partial charge in [-0.15, -0.1) is 0 Å². The molecule has 0 unspecified atom stereocenters. The molecule has 1 aromatic heterocycles. The van der Waals surface area contributed by atoms with Gasteiger partial charge in [0.05, 0.1) is 5.39 Å². The molecule has 5 heteroatoms. The van der Waals surface area contributed by atoms with Crippen molar-refractivity contribution < 1.29 is 4.39 Å². The Morgan fingerprint density at radius 3 is 2.52 bits per heavy atom. The molecule has 0 atom stereocenters. The van der Waals surface area contributed by atoms with Gasteiger partial charge < -0.3 is 5.73 Å². The van der Waals surface area contributed by atoms with Crippen molar-refractivity contribution in [3.8, 4) is 11.1 Å². The summed E-state index contributed by atoms with van der Waals surface area (Å²) in [6.45, 7) is 6.46. The molecule has 2 aromatic carbocycles. The van der Waals surface area contributed by atoms with Crippen molar-refractivity contribution in [1.29, 1.82) is 0 Å². The van der Waals surface area contributed by atoms with E-state index in [9.17, 15) is 4.39 Å². The maximum absolute atomic E-state index is 14.9. The Morgan fingerprint density at radius 1 is 1.17 bits per heavy atom. The van der Waals surface area contributed by atoms with E-state index in [-0.39, 0.29) is 5.82 Å². The Balaban J connectivity index is 2.21. The van der Waals surface area contributed by atoms with E-state index in [1.807, 2.05) is 36.4 Å². The van der Waals surface area contributed by atoms with Crippen molar-refractivity contribution in [2.24, 2.45) is 0 Å². The molecule has 0 amide bonds. The molecule has 23 heavy (non-hydrogen) atoms. The van der Waals surface area contributed by atoms with Crippen molar-refractivity contribution in [2.45, 2.75) is 20.4 Å². The molecule has 0 aliphatic rings. The summed E-state index contributed by atoms with van der Waals surface area (Å²) < 4.78 is 14.9. The molecular formula is C18H21FN4. The summed E-state index contributed by atoms with van der Waals surface area (Å²) >= 11 is 0. The fourth-order valence-electron chi connectivity index (χ4n) is 2.91. The second-order valence-corrected chi connectivity index (χ2v) is 5.58. The molecule has 3 aromatic rings. The fourth-order valence-corrected chi connectivity index (χ4v) is 2.91. The number of fused-ring (bicyclic) bond motifs is 1. The minimum atomic E-state index is -0.268. The number of hydrogen-bond donors (Lipinski definition) is 2. The van der Waals surface area contributed by atoms with Gasteiger partial charge in [0.25, 0.3) is 0 Å². The number of nitrogens with one attached hydrogen (secondary N) is 1. The molecule has 120 valence electrons. The van der Waals surface area contributed by atoms with E-state index in [1.165, 1.54) is 0 Å². The third kappa shape index (κ3) is 2.80.